The summed E-state index contributed by atoms with van der Waals surface area (Å²) in [7, 11) is 0. The molecule has 6 nitrogen and oxygen atoms in total. The molecule has 0 amide bonds. The zero-order valence-corrected chi connectivity index (χ0v) is 6.37. The minimum Gasteiger partial charge on any atom is -0.394 e. The molecule has 5 atom stereocenters. The predicted molar refractivity (Wildman–Crippen MR) is 38.0 cm³/mol. The van der Waals surface area contributed by atoms with Crippen molar-refractivity contribution in [3.05, 3.63) is 0 Å². The first-order valence-corrected chi connectivity index (χ1v) is 3.64. The van der Waals surface area contributed by atoms with E-state index in [0.29, 0.717) is 0 Å². The number of nitrogens with two attached hydrogens (primary N) is 1. The van der Waals surface area contributed by atoms with Gasteiger partial charge in [-0.1, -0.05) is 0 Å². The third-order valence-electron chi connectivity index (χ3n) is 1.96. The summed E-state index contributed by atoms with van der Waals surface area (Å²) in [4.78, 5) is 0. The number of hydrogen-bond acceptors (Lipinski definition) is 6. The molecule has 1 aliphatic rings. The molecular formula is C6H13NO5. The zero-order valence-electron chi connectivity index (χ0n) is 6.37. The fraction of sp³-hybridized carbons (Fsp3) is 1.00. The Kier molecular flexibility index (Phi) is 2.99. The molecule has 6 N–H and O–H groups in total. The topological polar surface area (TPSA) is 116 Å². The number of aliphatic hydroxyl groups is 4. The minimum atomic E-state index is -1.44. The Morgan fingerprint density at radius 2 is 1.75 bits per heavy atom. The van der Waals surface area contributed by atoms with Gasteiger partial charge in [-0.2, -0.15) is 0 Å². The lowest BCUT2D eigenvalue weighted by Gasteiger charge is -2.38. The Hall–Kier alpha value is -0.240. The lowest BCUT2D eigenvalue weighted by atomic mass is 9.97. The second-order valence-corrected chi connectivity index (χ2v) is 2.81. The third-order valence-corrected chi connectivity index (χ3v) is 1.96. The average Bonchev–Trinajstić information content (AvgIpc) is 2.08. The normalized spacial score (nSPS) is 49.2. The highest BCUT2D eigenvalue weighted by Crippen LogP contribution is 2.17. The predicted octanol–water partition coefficient (Wildman–Crippen LogP) is -3.26. The Balaban J connectivity index is 2.63. The van der Waals surface area contributed by atoms with Gasteiger partial charge in [-0.15, -0.1) is 0 Å². The number of rotatable bonds is 1. The van der Waals surface area contributed by atoms with Gasteiger partial charge in [0.25, 0.3) is 0 Å². The van der Waals surface area contributed by atoms with Gasteiger partial charge < -0.3 is 30.9 Å². The van der Waals surface area contributed by atoms with Crippen molar-refractivity contribution in [2.45, 2.75) is 30.6 Å². The molecule has 0 radical (unpaired) electrons. The van der Waals surface area contributed by atoms with Crippen LogP contribution in [0.25, 0.3) is 0 Å². The molecule has 0 bridgehead atoms. The highest BCUT2D eigenvalue weighted by atomic mass is 16.6. The first kappa shape index (κ1) is 9.85. The highest BCUT2D eigenvalue weighted by Gasteiger charge is 2.41. The smallest absolute Gasteiger partial charge is 0.183 e. The van der Waals surface area contributed by atoms with E-state index in [1.165, 1.54) is 0 Å². The Bertz CT molecular complexity index is 150. The molecule has 1 heterocycles. The van der Waals surface area contributed by atoms with Crippen LogP contribution in [-0.2, 0) is 4.74 Å². The van der Waals surface area contributed by atoms with Crippen LogP contribution in [0.2, 0.25) is 0 Å². The molecule has 1 fully saturated rings. The lowest BCUT2D eigenvalue weighted by Crippen LogP contribution is -2.62. The summed E-state index contributed by atoms with van der Waals surface area (Å²) in [5, 5.41) is 36.0. The fourth-order valence-corrected chi connectivity index (χ4v) is 1.13. The van der Waals surface area contributed by atoms with E-state index in [4.69, 9.17) is 21.1 Å². The SMILES string of the molecule is N[C@@H]1[C@H](O)[C@H](O)O[C@@H](CO)[C@H]1O. The molecular weight excluding hydrogens is 166 g/mol. The molecule has 12 heavy (non-hydrogen) atoms. The van der Waals surface area contributed by atoms with E-state index in [1.807, 2.05) is 0 Å². The maximum Gasteiger partial charge on any atom is 0.183 e. The van der Waals surface area contributed by atoms with Crippen molar-refractivity contribution < 1.29 is 25.2 Å². The van der Waals surface area contributed by atoms with Crippen molar-refractivity contribution >= 4 is 0 Å². The quantitative estimate of drug-likeness (QED) is 0.288. The van der Waals surface area contributed by atoms with E-state index in [0.717, 1.165) is 0 Å². The maximum atomic E-state index is 9.24. The average molecular weight is 179 g/mol. The Morgan fingerprint density at radius 1 is 1.17 bits per heavy atom. The lowest BCUT2D eigenvalue weighted by molar-refractivity contribution is -0.258. The van der Waals surface area contributed by atoms with E-state index >= 15 is 0 Å². The van der Waals surface area contributed by atoms with Crippen molar-refractivity contribution in [3.63, 3.8) is 0 Å². The molecule has 6 heteroatoms. The van der Waals surface area contributed by atoms with Crippen LogP contribution >= 0.6 is 0 Å². The van der Waals surface area contributed by atoms with Crippen molar-refractivity contribution in [1.82, 2.24) is 0 Å². The van der Waals surface area contributed by atoms with Crippen LogP contribution in [-0.4, -0.2) is 57.7 Å². The van der Waals surface area contributed by atoms with Gasteiger partial charge in [-0.25, -0.2) is 0 Å². The third kappa shape index (κ3) is 1.58. The monoisotopic (exact) mass is 179 g/mol. The van der Waals surface area contributed by atoms with Crippen molar-refractivity contribution in [1.29, 1.82) is 0 Å². The van der Waals surface area contributed by atoms with Gasteiger partial charge in [0.15, 0.2) is 6.29 Å². The van der Waals surface area contributed by atoms with E-state index in [-0.39, 0.29) is 0 Å². The van der Waals surface area contributed by atoms with Crippen LogP contribution in [0.5, 0.6) is 0 Å². The molecule has 1 aliphatic heterocycles. The van der Waals surface area contributed by atoms with E-state index in [9.17, 15) is 5.11 Å². The van der Waals surface area contributed by atoms with Gasteiger partial charge in [0, 0.05) is 0 Å². The van der Waals surface area contributed by atoms with Crippen LogP contribution < -0.4 is 5.73 Å². The molecule has 0 aromatic heterocycles. The number of hydrogen-bond donors (Lipinski definition) is 5. The fourth-order valence-electron chi connectivity index (χ4n) is 1.13. The summed E-state index contributed by atoms with van der Waals surface area (Å²) < 4.78 is 4.66. The second-order valence-electron chi connectivity index (χ2n) is 2.81. The van der Waals surface area contributed by atoms with E-state index in [2.05, 4.69) is 4.74 Å². The van der Waals surface area contributed by atoms with Gasteiger partial charge >= 0.3 is 0 Å². The van der Waals surface area contributed by atoms with Gasteiger partial charge in [-0.3, -0.25) is 0 Å². The number of ether oxygens (including phenoxy) is 1. The van der Waals surface area contributed by atoms with Crippen LogP contribution in [0, 0.1) is 0 Å². The molecule has 0 saturated carbocycles. The van der Waals surface area contributed by atoms with Gasteiger partial charge in [0.1, 0.15) is 18.3 Å². The highest BCUT2D eigenvalue weighted by molar-refractivity contribution is 4.90. The summed E-state index contributed by atoms with van der Waals surface area (Å²) in [6.07, 6.45) is -4.85. The van der Waals surface area contributed by atoms with Crippen LogP contribution in [0.15, 0.2) is 0 Å². The molecule has 0 aromatic rings. The van der Waals surface area contributed by atoms with Crippen LogP contribution in [0.1, 0.15) is 0 Å². The summed E-state index contributed by atoms with van der Waals surface area (Å²) in [5.74, 6) is 0. The molecule has 1 rings (SSSR count). The Morgan fingerprint density at radius 3 is 2.25 bits per heavy atom. The standard InChI is InChI=1S/C6H13NO5/c7-3-4(9)2(1-8)12-6(11)5(3)10/h2-6,8-11H,1,7H2/t2-,3-,4+,5-,6+/m0/s1. The molecule has 0 aromatic carbocycles. The first-order valence-electron chi connectivity index (χ1n) is 3.64. The molecule has 72 valence electrons. The summed E-state index contributed by atoms with van der Waals surface area (Å²) in [5.41, 5.74) is 5.33. The van der Waals surface area contributed by atoms with E-state index < -0.39 is 37.3 Å². The molecule has 0 spiro atoms. The van der Waals surface area contributed by atoms with Crippen molar-refractivity contribution in [2.24, 2.45) is 5.73 Å². The Labute approximate surface area is 69.2 Å². The maximum absolute atomic E-state index is 9.24. The van der Waals surface area contributed by atoms with Gasteiger partial charge in [0.2, 0.25) is 0 Å². The van der Waals surface area contributed by atoms with Crippen molar-refractivity contribution in [3.8, 4) is 0 Å². The summed E-state index contributed by atoms with van der Waals surface area (Å²) >= 11 is 0. The molecule has 0 unspecified atom stereocenters. The van der Waals surface area contributed by atoms with Crippen molar-refractivity contribution in [2.75, 3.05) is 6.61 Å². The van der Waals surface area contributed by atoms with Gasteiger partial charge in [0.05, 0.1) is 12.6 Å². The largest absolute Gasteiger partial charge is 0.394 e. The zero-order chi connectivity index (χ0) is 9.30. The first-order chi connectivity index (χ1) is 5.57. The van der Waals surface area contributed by atoms with Crippen LogP contribution in [0.4, 0.5) is 0 Å². The minimum absolute atomic E-state index is 0.446. The summed E-state index contributed by atoms with van der Waals surface area (Å²) in [6, 6.07) is -0.995. The van der Waals surface area contributed by atoms with E-state index in [1.54, 1.807) is 0 Å². The van der Waals surface area contributed by atoms with Crippen LogP contribution in [0.3, 0.4) is 0 Å². The summed E-state index contributed by atoms with van der Waals surface area (Å²) in [6.45, 7) is -0.446. The number of aliphatic hydroxyl groups excluding tert-OH is 4. The molecule has 0 aliphatic carbocycles. The van der Waals surface area contributed by atoms with Gasteiger partial charge in [-0.05, 0) is 0 Å². The molecule has 1 saturated heterocycles. The second kappa shape index (κ2) is 3.65.